The van der Waals surface area contributed by atoms with Crippen molar-refractivity contribution < 1.29 is 0 Å². The van der Waals surface area contributed by atoms with Gasteiger partial charge in [0, 0.05) is 6.54 Å². The van der Waals surface area contributed by atoms with Gasteiger partial charge in [0.05, 0.1) is 0 Å². The van der Waals surface area contributed by atoms with Crippen LogP contribution < -0.4 is 0 Å². The second-order valence-corrected chi connectivity index (χ2v) is 5.05. The average molecular weight is 185 g/mol. The summed E-state index contributed by atoms with van der Waals surface area (Å²) in [6.07, 6.45) is 4.14. The van der Waals surface area contributed by atoms with Crippen molar-refractivity contribution in [2.75, 3.05) is 20.1 Å². The fourth-order valence-corrected chi connectivity index (χ4v) is 1.65. The predicted octanol–water partition coefficient (Wildman–Crippen LogP) is 3.40. The number of unbranched alkanes of at least 4 members (excludes halogenated alkanes) is 1. The van der Waals surface area contributed by atoms with Gasteiger partial charge in [0.1, 0.15) is 0 Å². The van der Waals surface area contributed by atoms with Crippen LogP contribution in [0.4, 0.5) is 0 Å². The van der Waals surface area contributed by atoms with Crippen LogP contribution in [0.3, 0.4) is 0 Å². The maximum Gasteiger partial charge on any atom is 0.000133 e. The van der Waals surface area contributed by atoms with Crippen molar-refractivity contribution in [2.24, 2.45) is 11.8 Å². The standard InChI is InChI=1S/C12H27N/c1-11(2)8-6-7-9-13(5)10-12(3)4/h11-12H,6-10H2,1-5H3. The Kier molecular flexibility index (Phi) is 7.35. The van der Waals surface area contributed by atoms with E-state index in [9.17, 15) is 0 Å². The summed E-state index contributed by atoms with van der Waals surface area (Å²) in [5.74, 6) is 1.67. The number of hydrogen-bond acceptors (Lipinski definition) is 1. The van der Waals surface area contributed by atoms with Gasteiger partial charge in [0.2, 0.25) is 0 Å². The topological polar surface area (TPSA) is 3.24 Å². The van der Waals surface area contributed by atoms with Gasteiger partial charge in [-0.15, -0.1) is 0 Å². The second-order valence-electron chi connectivity index (χ2n) is 5.05. The first-order valence-electron chi connectivity index (χ1n) is 5.71. The van der Waals surface area contributed by atoms with Crippen molar-refractivity contribution in [3.05, 3.63) is 0 Å². The number of rotatable bonds is 7. The minimum atomic E-state index is 0.801. The third kappa shape index (κ3) is 9.88. The first-order valence-corrected chi connectivity index (χ1v) is 5.71. The van der Waals surface area contributed by atoms with Crippen LogP contribution in [0.5, 0.6) is 0 Å². The Balaban J connectivity index is 3.22. The average Bonchev–Trinajstić information content (AvgIpc) is 1.96. The second kappa shape index (κ2) is 7.37. The lowest BCUT2D eigenvalue weighted by atomic mass is 10.1. The molecule has 0 aliphatic heterocycles. The molecule has 0 aliphatic carbocycles. The van der Waals surface area contributed by atoms with Crippen molar-refractivity contribution >= 4 is 0 Å². The molecule has 0 bridgehead atoms. The predicted molar refractivity (Wildman–Crippen MR) is 61.0 cm³/mol. The fourth-order valence-electron chi connectivity index (χ4n) is 1.65. The summed E-state index contributed by atoms with van der Waals surface area (Å²) in [5, 5.41) is 0. The zero-order chi connectivity index (χ0) is 10.3. The first kappa shape index (κ1) is 13.0. The molecule has 0 heterocycles. The SMILES string of the molecule is CC(C)CCCCN(C)CC(C)C. The molecule has 1 heteroatoms. The van der Waals surface area contributed by atoms with E-state index in [1.807, 2.05) is 0 Å². The molecular formula is C12H27N. The molecule has 80 valence electrons. The first-order chi connectivity index (χ1) is 6.02. The van der Waals surface area contributed by atoms with E-state index in [2.05, 4.69) is 39.6 Å². The molecule has 0 aromatic heterocycles. The van der Waals surface area contributed by atoms with Crippen LogP contribution in [-0.2, 0) is 0 Å². The highest BCUT2D eigenvalue weighted by atomic mass is 15.1. The van der Waals surface area contributed by atoms with E-state index in [-0.39, 0.29) is 0 Å². The molecule has 0 saturated carbocycles. The van der Waals surface area contributed by atoms with Crippen molar-refractivity contribution in [2.45, 2.75) is 47.0 Å². The third-order valence-corrected chi connectivity index (χ3v) is 2.25. The van der Waals surface area contributed by atoms with Crippen LogP contribution in [0.15, 0.2) is 0 Å². The minimum absolute atomic E-state index is 0.801. The molecule has 0 atom stereocenters. The molecule has 0 aromatic carbocycles. The van der Waals surface area contributed by atoms with Crippen molar-refractivity contribution in [3.8, 4) is 0 Å². The van der Waals surface area contributed by atoms with Crippen LogP contribution >= 0.6 is 0 Å². The van der Waals surface area contributed by atoms with Gasteiger partial charge in [-0.2, -0.15) is 0 Å². The van der Waals surface area contributed by atoms with Gasteiger partial charge < -0.3 is 4.90 Å². The van der Waals surface area contributed by atoms with E-state index < -0.39 is 0 Å². The van der Waals surface area contributed by atoms with Crippen molar-refractivity contribution in [3.63, 3.8) is 0 Å². The van der Waals surface area contributed by atoms with Crippen molar-refractivity contribution in [1.29, 1.82) is 0 Å². The van der Waals surface area contributed by atoms with Crippen LogP contribution in [-0.4, -0.2) is 25.0 Å². The van der Waals surface area contributed by atoms with Crippen molar-refractivity contribution in [1.82, 2.24) is 4.90 Å². The summed E-state index contributed by atoms with van der Waals surface area (Å²) in [5.41, 5.74) is 0. The zero-order valence-corrected chi connectivity index (χ0v) is 10.1. The molecule has 13 heavy (non-hydrogen) atoms. The summed E-state index contributed by atoms with van der Waals surface area (Å²) >= 11 is 0. The lowest BCUT2D eigenvalue weighted by Gasteiger charge is -2.18. The molecule has 0 spiro atoms. The molecule has 0 rings (SSSR count). The molecule has 0 saturated heterocycles. The summed E-state index contributed by atoms with van der Waals surface area (Å²) in [7, 11) is 2.23. The highest BCUT2D eigenvalue weighted by Gasteiger charge is 2.01. The molecule has 0 fully saturated rings. The number of hydrogen-bond donors (Lipinski definition) is 0. The highest BCUT2D eigenvalue weighted by molar-refractivity contribution is 4.55. The lowest BCUT2D eigenvalue weighted by Crippen LogP contribution is -2.24. The summed E-state index contributed by atoms with van der Waals surface area (Å²) < 4.78 is 0. The van der Waals surface area contributed by atoms with Crippen LogP contribution in [0, 0.1) is 11.8 Å². The van der Waals surface area contributed by atoms with Crippen LogP contribution in [0.2, 0.25) is 0 Å². The van der Waals surface area contributed by atoms with Gasteiger partial charge in [0.15, 0.2) is 0 Å². The minimum Gasteiger partial charge on any atom is -0.306 e. The van der Waals surface area contributed by atoms with Gasteiger partial charge in [0.25, 0.3) is 0 Å². The Bertz CT molecular complexity index is 108. The Labute approximate surface area is 84.5 Å². The quantitative estimate of drug-likeness (QED) is 0.549. The van der Waals surface area contributed by atoms with E-state index in [4.69, 9.17) is 0 Å². The molecule has 0 radical (unpaired) electrons. The Morgan fingerprint density at radius 3 is 2.00 bits per heavy atom. The molecule has 0 amide bonds. The van der Waals surface area contributed by atoms with Gasteiger partial charge in [-0.05, 0) is 31.8 Å². The largest absolute Gasteiger partial charge is 0.306 e. The van der Waals surface area contributed by atoms with Gasteiger partial charge >= 0.3 is 0 Å². The molecule has 0 aromatic rings. The summed E-state index contributed by atoms with van der Waals surface area (Å²) in [6.45, 7) is 11.7. The fraction of sp³-hybridized carbons (Fsp3) is 1.00. The molecule has 1 nitrogen and oxygen atoms in total. The Hall–Kier alpha value is -0.0400. The molecule has 0 aliphatic rings. The zero-order valence-electron chi connectivity index (χ0n) is 10.1. The van der Waals surface area contributed by atoms with Gasteiger partial charge in [-0.25, -0.2) is 0 Å². The summed E-state index contributed by atoms with van der Waals surface area (Å²) in [4.78, 5) is 2.45. The molecule has 0 N–H and O–H groups in total. The monoisotopic (exact) mass is 185 g/mol. The van der Waals surface area contributed by atoms with E-state index in [0.717, 1.165) is 11.8 Å². The highest BCUT2D eigenvalue weighted by Crippen LogP contribution is 2.07. The maximum atomic E-state index is 2.45. The van der Waals surface area contributed by atoms with Crippen LogP contribution in [0.1, 0.15) is 47.0 Å². The molecule has 0 unspecified atom stereocenters. The van der Waals surface area contributed by atoms with E-state index in [1.165, 1.54) is 32.4 Å². The van der Waals surface area contributed by atoms with Gasteiger partial charge in [-0.1, -0.05) is 40.5 Å². The Morgan fingerprint density at radius 2 is 1.54 bits per heavy atom. The lowest BCUT2D eigenvalue weighted by molar-refractivity contribution is 0.286. The molecular weight excluding hydrogens is 158 g/mol. The van der Waals surface area contributed by atoms with E-state index in [0.29, 0.717) is 0 Å². The summed E-state index contributed by atoms with van der Waals surface area (Å²) in [6, 6.07) is 0. The maximum absolute atomic E-state index is 2.45. The normalized spacial score (nSPS) is 12.0. The van der Waals surface area contributed by atoms with Crippen LogP contribution in [0.25, 0.3) is 0 Å². The Morgan fingerprint density at radius 1 is 0.923 bits per heavy atom. The smallest absolute Gasteiger partial charge is 0.000133 e. The van der Waals surface area contributed by atoms with E-state index >= 15 is 0 Å². The number of nitrogens with zero attached hydrogens (tertiary/aromatic N) is 1. The van der Waals surface area contributed by atoms with Gasteiger partial charge in [-0.3, -0.25) is 0 Å². The third-order valence-electron chi connectivity index (χ3n) is 2.25. The van der Waals surface area contributed by atoms with E-state index in [1.54, 1.807) is 0 Å².